The Morgan fingerprint density at radius 2 is 1.43 bits per heavy atom. The first-order valence-electron chi connectivity index (χ1n) is 6.80. The van der Waals surface area contributed by atoms with Crippen molar-refractivity contribution in [3.63, 3.8) is 0 Å². The maximum atomic E-state index is 11.9. The van der Waals surface area contributed by atoms with Crippen molar-refractivity contribution in [1.29, 1.82) is 0 Å². The largest absolute Gasteiger partial charge is 0.376 e. The second-order valence-corrected chi connectivity index (χ2v) is 5.69. The molecule has 0 heterocycles. The molecule has 7 heteroatoms. The van der Waals surface area contributed by atoms with Crippen LogP contribution in [0.2, 0.25) is 10.0 Å². The lowest BCUT2D eigenvalue weighted by Crippen LogP contribution is -2.21. The van der Waals surface area contributed by atoms with Gasteiger partial charge in [-0.15, -0.1) is 0 Å². The Morgan fingerprint density at radius 3 is 2.00 bits per heavy atom. The van der Waals surface area contributed by atoms with Gasteiger partial charge in [-0.25, -0.2) is 0 Å². The minimum absolute atomic E-state index is 0.0869. The van der Waals surface area contributed by atoms with Gasteiger partial charge in [0.2, 0.25) is 11.8 Å². The second kappa shape index (κ2) is 7.85. The highest BCUT2D eigenvalue weighted by atomic mass is 35.5. The molecule has 0 fully saturated rings. The van der Waals surface area contributed by atoms with Crippen LogP contribution in [0.15, 0.2) is 42.5 Å². The molecule has 0 unspecified atom stereocenters. The predicted molar refractivity (Wildman–Crippen MR) is 94.3 cm³/mol. The minimum Gasteiger partial charge on any atom is -0.376 e. The number of halogens is 2. The molecule has 2 aromatic carbocycles. The Bertz CT molecular complexity index is 698. The zero-order valence-corrected chi connectivity index (χ0v) is 13.8. The molecule has 0 aliphatic heterocycles. The fourth-order valence-electron chi connectivity index (χ4n) is 1.89. The van der Waals surface area contributed by atoms with Gasteiger partial charge in [-0.3, -0.25) is 9.59 Å². The van der Waals surface area contributed by atoms with E-state index < -0.39 is 0 Å². The van der Waals surface area contributed by atoms with Gasteiger partial charge in [0.25, 0.3) is 0 Å². The Hall–Kier alpha value is -2.24. The highest BCUT2D eigenvalue weighted by Gasteiger charge is 2.04. The molecular weight excluding hydrogens is 337 g/mol. The van der Waals surface area contributed by atoms with E-state index in [1.165, 1.54) is 6.92 Å². The molecule has 0 aliphatic rings. The first-order valence-corrected chi connectivity index (χ1v) is 7.55. The molecule has 2 rings (SSSR count). The quantitative estimate of drug-likeness (QED) is 0.762. The van der Waals surface area contributed by atoms with Crippen molar-refractivity contribution < 1.29 is 9.59 Å². The lowest BCUT2D eigenvalue weighted by atomic mass is 10.2. The third-order valence-corrected chi connectivity index (χ3v) is 3.24. The van der Waals surface area contributed by atoms with Gasteiger partial charge in [0.15, 0.2) is 0 Å². The molecule has 23 heavy (non-hydrogen) atoms. The zero-order valence-electron chi connectivity index (χ0n) is 12.3. The lowest BCUT2D eigenvalue weighted by Gasteiger charge is -2.09. The first-order chi connectivity index (χ1) is 10.9. The Morgan fingerprint density at radius 1 is 0.870 bits per heavy atom. The molecule has 2 aromatic rings. The van der Waals surface area contributed by atoms with E-state index >= 15 is 0 Å². The summed E-state index contributed by atoms with van der Waals surface area (Å²) in [5, 5.41) is 9.26. The summed E-state index contributed by atoms with van der Waals surface area (Å²) in [7, 11) is 0. The molecule has 0 radical (unpaired) electrons. The van der Waals surface area contributed by atoms with Crippen LogP contribution in [-0.2, 0) is 9.59 Å². The summed E-state index contributed by atoms with van der Waals surface area (Å²) in [6, 6.07) is 11.9. The van der Waals surface area contributed by atoms with E-state index in [1.807, 2.05) is 0 Å². The number of hydrogen-bond acceptors (Lipinski definition) is 3. The number of nitrogens with one attached hydrogen (secondary N) is 3. The minimum atomic E-state index is -0.228. The first kappa shape index (κ1) is 17.1. The van der Waals surface area contributed by atoms with Crippen LogP contribution in [0.3, 0.4) is 0 Å². The van der Waals surface area contributed by atoms with Crippen LogP contribution in [-0.4, -0.2) is 18.4 Å². The maximum Gasteiger partial charge on any atom is 0.243 e. The molecule has 0 atom stereocenters. The van der Waals surface area contributed by atoms with E-state index in [-0.39, 0.29) is 18.4 Å². The molecule has 3 N–H and O–H groups in total. The molecule has 0 saturated carbocycles. The number of hydrogen-bond donors (Lipinski definition) is 3. The van der Waals surface area contributed by atoms with E-state index in [2.05, 4.69) is 16.0 Å². The van der Waals surface area contributed by atoms with Crippen molar-refractivity contribution in [3.05, 3.63) is 52.5 Å². The topological polar surface area (TPSA) is 70.2 Å². The summed E-state index contributed by atoms with van der Waals surface area (Å²) >= 11 is 11.8. The fourth-order valence-corrected chi connectivity index (χ4v) is 2.41. The standard InChI is InChI=1S/C16H15Cl2N3O2/c1-10(22)20-14-4-2-13(3-5-14)19-9-16(23)21-15-7-11(17)6-12(18)8-15/h2-8,19H,9H2,1H3,(H,20,22)(H,21,23). The summed E-state index contributed by atoms with van der Waals surface area (Å²) in [6.45, 7) is 1.53. The zero-order chi connectivity index (χ0) is 16.8. The van der Waals surface area contributed by atoms with Crippen molar-refractivity contribution in [3.8, 4) is 0 Å². The van der Waals surface area contributed by atoms with Gasteiger partial charge < -0.3 is 16.0 Å². The molecule has 0 aliphatic carbocycles. The summed E-state index contributed by atoms with van der Waals surface area (Å²) in [5.41, 5.74) is 2.00. The SMILES string of the molecule is CC(=O)Nc1ccc(NCC(=O)Nc2cc(Cl)cc(Cl)c2)cc1. The number of anilines is 3. The van der Waals surface area contributed by atoms with E-state index in [0.717, 1.165) is 5.69 Å². The average Bonchev–Trinajstić information content (AvgIpc) is 2.45. The van der Waals surface area contributed by atoms with Gasteiger partial charge in [-0.1, -0.05) is 23.2 Å². The average molecular weight is 352 g/mol. The van der Waals surface area contributed by atoms with Crippen molar-refractivity contribution in [1.82, 2.24) is 0 Å². The second-order valence-electron chi connectivity index (χ2n) is 4.82. The van der Waals surface area contributed by atoms with Crippen LogP contribution in [0.4, 0.5) is 17.1 Å². The monoisotopic (exact) mass is 351 g/mol. The van der Waals surface area contributed by atoms with Gasteiger partial charge >= 0.3 is 0 Å². The number of amides is 2. The van der Waals surface area contributed by atoms with Crippen molar-refractivity contribution >= 4 is 52.1 Å². The smallest absolute Gasteiger partial charge is 0.243 e. The van der Waals surface area contributed by atoms with Crippen LogP contribution >= 0.6 is 23.2 Å². The third kappa shape index (κ3) is 5.81. The van der Waals surface area contributed by atoms with Gasteiger partial charge in [0.1, 0.15) is 0 Å². The number of rotatable bonds is 5. The van der Waals surface area contributed by atoms with Crippen LogP contribution in [0.5, 0.6) is 0 Å². The number of benzene rings is 2. The predicted octanol–water partition coefficient (Wildman–Crippen LogP) is 4.00. The van der Waals surface area contributed by atoms with Gasteiger partial charge in [-0.05, 0) is 42.5 Å². The van der Waals surface area contributed by atoms with Crippen LogP contribution in [0.1, 0.15) is 6.92 Å². The van der Waals surface area contributed by atoms with Gasteiger partial charge in [0, 0.05) is 34.0 Å². The van der Waals surface area contributed by atoms with E-state index in [0.29, 0.717) is 21.4 Å². The third-order valence-electron chi connectivity index (χ3n) is 2.80. The Balaban J connectivity index is 1.87. The molecule has 0 saturated heterocycles. The van der Waals surface area contributed by atoms with E-state index in [1.54, 1.807) is 42.5 Å². The normalized spacial score (nSPS) is 10.0. The van der Waals surface area contributed by atoms with E-state index in [4.69, 9.17) is 23.2 Å². The molecule has 0 spiro atoms. The highest BCUT2D eigenvalue weighted by Crippen LogP contribution is 2.22. The number of carbonyl (C=O) groups excluding carboxylic acids is 2. The maximum absolute atomic E-state index is 11.9. The molecule has 0 bridgehead atoms. The molecule has 2 amide bonds. The summed E-state index contributed by atoms with van der Waals surface area (Å²) in [4.78, 5) is 22.8. The van der Waals surface area contributed by atoms with Crippen LogP contribution < -0.4 is 16.0 Å². The summed E-state index contributed by atoms with van der Waals surface area (Å²) < 4.78 is 0. The lowest BCUT2D eigenvalue weighted by molar-refractivity contribution is -0.115. The Kier molecular flexibility index (Phi) is 5.84. The van der Waals surface area contributed by atoms with Crippen LogP contribution in [0.25, 0.3) is 0 Å². The van der Waals surface area contributed by atoms with Gasteiger partial charge in [-0.2, -0.15) is 0 Å². The Labute approximate surface area is 144 Å². The van der Waals surface area contributed by atoms with Crippen molar-refractivity contribution in [2.75, 3.05) is 22.5 Å². The summed E-state index contributed by atoms with van der Waals surface area (Å²) in [6.07, 6.45) is 0. The van der Waals surface area contributed by atoms with Crippen molar-refractivity contribution in [2.24, 2.45) is 0 Å². The molecule has 120 valence electrons. The van der Waals surface area contributed by atoms with Crippen molar-refractivity contribution in [2.45, 2.75) is 6.92 Å². The highest BCUT2D eigenvalue weighted by molar-refractivity contribution is 6.35. The van der Waals surface area contributed by atoms with Crippen LogP contribution in [0, 0.1) is 0 Å². The van der Waals surface area contributed by atoms with Gasteiger partial charge in [0.05, 0.1) is 6.54 Å². The fraction of sp³-hybridized carbons (Fsp3) is 0.125. The molecule has 5 nitrogen and oxygen atoms in total. The molecule has 0 aromatic heterocycles. The van der Waals surface area contributed by atoms with E-state index in [9.17, 15) is 9.59 Å². The number of carbonyl (C=O) groups is 2. The molecular formula is C16H15Cl2N3O2. The summed E-state index contributed by atoms with van der Waals surface area (Å²) in [5.74, 6) is -0.362.